The molecule has 2 nitrogen and oxygen atoms in total. The molecule has 0 fully saturated rings. The lowest BCUT2D eigenvalue weighted by atomic mass is 10.0. The fourth-order valence-corrected chi connectivity index (χ4v) is 3.52. The number of carbonyl (C=O) groups is 2. The van der Waals surface area contributed by atoms with Crippen LogP contribution in [0.4, 0.5) is 0 Å². The monoisotopic (exact) mass is 326 g/mol. The van der Waals surface area contributed by atoms with Crippen molar-refractivity contribution in [2.45, 2.75) is 19.3 Å². The largest absolute Gasteiger partial charge is 0.293 e. The lowest BCUT2D eigenvalue weighted by molar-refractivity contribution is -0.112. The van der Waals surface area contributed by atoms with Crippen LogP contribution in [0, 0.1) is 0 Å². The molecule has 23 heavy (non-hydrogen) atoms. The molecule has 0 aliphatic carbocycles. The molecule has 3 heteroatoms. The van der Waals surface area contributed by atoms with E-state index in [9.17, 15) is 9.59 Å². The Hall–Kier alpha value is -2.00. The molecule has 0 spiro atoms. The smallest absolute Gasteiger partial charge is 0.202 e. The fraction of sp³-hybridized carbons (Fsp3) is 0.250. The highest BCUT2D eigenvalue weighted by atomic mass is 32.2. The van der Waals surface area contributed by atoms with Gasteiger partial charge in [0, 0.05) is 12.0 Å². The molecule has 0 aromatic heterocycles. The summed E-state index contributed by atoms with van der Waals surface area (Å²) in [5, 5.41) is 0. The molecular weight excluding hydrogens is 304 g/mol. The van der Waals surface area contributed by atoms with Crippen molar-refractivity contribution in [1.82, 2.24) is 0 Å². The van der Waals surface area contributed by atoms with Crippen LogP contribution in [0.5, 0.6) is 0 Å². The molecule has 0 atom stereocenters. The third kappa shape index (κ3) is 5.00. The number of hydrogen-bond donors (Lipinski definition) is 0. The molecule has 0 radical (unpaired) electrons. The minimum Gasteiger partial charge on any atom is -0.293 e. The maximum Gasteiger partial charge on any atom is 0.202 e. The van der Waals surface area contributed by atoms with Gasteiger partial charge in [-0.15, -0.1) is 0 Å². The highest BCUT2D eigenvalue weighted by Gasteiger charge is 2.20. The van der Waals surface area contributed by atoms with Gasteiger partial charge < -0.3 is 0 Å². The summed E-state index contributed by atoms with van der Waals surface area (Å²) in [6.07, 6.45) is 5.93. The molecular formula is C20H22O2S. The Kier molecular flexibility index (Phi) is 6.48. The summed E-state index contributed by atoms with van der Waals surface area (Å²) in [5.41, 5.74) is 1.82. The van der Waals surface area contributed by atoms with Crippen molar-refractivity contribution in [1.29, 1.82) is 0 Å². The normalized spacial score (nSPS) is 10.6. The Balaban J connectivity index is 2.03. The van der Waals surface area contributed by atoms with E-state index in [2.05, 4.69) is 12.1 Å². The van der Waals surface area contributed by atoms with Crippen LogP contribution in [0.2, 0.25) is 0 Å². The molecule has 2 aromatic rings. The van der Waals surface area contributed by atoms with Crippen LogP contribution in [-0.2, 0) is 11.2 Å². The zero-order chi connectivity index (χ0) is 16.7. The zero-order valence-electron chi connectivity index (χ0n) is 13.6. The Labute approximate surface area is 140 Å². The number of Topliss-reactive ketones (excluding diaryl/α,β-unsaturated/α-hetero) is 2. The molecule has 0 unspecified atom stereocenters. The van der Waals surface area contributed by atoms with Crippen LogP contribution >= 0.6 is 10.5 Å². The third-order valence-electron chi connectivity index (χ3n) is 3.62. The first-order valence-electron chi connectivity index (χ1n) is 7.71. The van der Waals surface area contributed by atoms with Gasteiger partial charge in [-0.05, 0) is 30.9 Å². The molecule has 0 aliphatic heterocycles. The van der Waals surface area contributed by atoms with E-state index in [4.69, 9.17) is 0 Å². The molecule has 2 aromatic carbocycles. The van der Waals surface area contributed by atoms with Crippen molar-refractivity contribution in [3.63, 3.8) is 0 Å². The summed E-state index contributed by atoms with van der Waals surface area (Å²) in [6.45, 7) is 0. The van der Waals surface area contributed by atoms with E-state index in [0.29, 0.717) is 16.8 Å². The Morgan fingerprint density at radius 1 is 0.870 bits per heavy atom. The molecule has 0 saturated carbocycles. The summed E-state index contributed by atoms with van der Waals surface area (Å²) in [6, 6.07) is 19.2. The maximum absolute atomic E-state index is 12.6. The Morgan fingerprint density at radius 3 is 2.00 bits per heavy atom. The van der Waals surface area contributed by atoms with E-state index in [-0.39, 0.29) is 22.1 Å². The summed E-state index contributed by atoms with van der Waals surface area (Å²) >= 11 is 0. The van der Waals surface area contributed by atoms with Crippen LogP contribution in [0.3, 0.4) is 0 Å². The minimum absolute atomic E-state index is 0.0110. The van der Waals surface area contributed by atoms with Gasteiger partial charge in [0.25, 0.3) is 0 Å². The number of ketones is 2. The minimum atomic E-state index is -0.344. The number of hydrogen-bond acceptors (Lipinski definition) is 2. The molecule has 0 heterocycles. The van der Waals surface area contributed by atoms with Gasteiger partial charge in [-0.3, -0.25) is 9.59 Å². The first-order chi connectivity index (χ1) is 11.1. The predicted octanol–water partition coefficient (Wildman–Crippen LogP) is 4.16. The second kappa shape index (κ2) is 8.59. The van der Waals surface area contributed by atoms with Crippen molar-refractivity contribution in [3.05, 3.63) is 71.8 Å². The van der Waals surface area contributed by atoms with Crippen LogP contribution in [-0.4, -0.2) is 28.9 Å². The van der Waals surface area contributed by atoms with Gasteiger partial charge in [0.15, 0.2) is 5.78 Å². The van der Waals surface area contributed by atoms with Crippen LogP contribution in [0.1, 0.15) is 28.8 Å². The summed E-state index contributed by atoms with van der Waals surface area (Å²) < 4.78 is 0. The SMILES string of the molecule is CS(C)=C(C(=O)CCCc1ccccc1)C(=O)c1ccccc1. The standard InChI is InChI=1S/C20H22O2S/c1-23(2)20(19(22)17-13-7-4-8-14-17)18(21)15-9-12-16-10-5-3-6-11-16/h3-8,10-11,13-14H,9,12,15H2,1-2H3. The van der Waals surface area contributed by atoms with Gasteiger partial charge in [0.05, 0.1) is 4.86 Å². The lowest BCUT2D eigenvalue weighted by Crippen LogP contribution is -2.24. The van der Waals surface area contributed by atoms with Gasteiger partial charge in [0.1, 0.15) is 0 Å². The molecule has 0 amide bonds. The molecule has 0 saturated heterocycles. The molecule has 0 N–H and O–H groups in total. The van der Waals surface area contributed by atoms with Gasteiger partial charge in [-0.1, -0.05) is 60.7 Å². The maximum atomic E-state index is 12.6. The van der Waals surface area contributed by atoms with Gasteiger partial charge in [0.2, 0.25) is 5.78 Å². The summed E-state index contributed by atoms with van der Waals surface area (Å²) in [4.78, 5) is 25.6. The first kappa shape index (κ1) is 17.4. The van der Waals surface area contributed by atoms with E-state index < -0.39 is 0 Å². The lowest BCUT2D eigenvalue weighted by Gasteiger charge is -2.09. The average Bonchev–Trinajstić information content (AvgIpc) is 2.56. The highest BCUT2D eigenvalue weighted by molar-refractivity contribution is 8.16. The Bertz CT molecular complexity index is 699. The summed E-state index contributed by atoms with van der Waals surface area (Å²) in [5.74, 6) is -0.133. The van der Waals surface area contributed by atoms with Crippen LogP contribution < -0.4 is 0 Å². The predicted molar refractivity (Wildman–Crippen MR) is 99.6 cm³/mol. The average molecular weight is 326 g/mol. The molecule has 0 bridgehead atoms. The first-order valence-corrected chi connectivity index (χ1v) is 9.75. The molecule has 120 valence electrons. The number of carbonyl (C=O) groups excluding carboxylic acids is 2. The number of rotatable bonds is 7. The number of benzene rings is 2. The topological polar surface area (TPSA) is 34.1 Å². The zero-order valence-corrected chi connectivity index (χ0v) is 14.4. The quantitative estimate of drug-likeness (QED) is 0.435. The highest BCUT2D eigenvalue weighted by Crippen LogP contribution is 2.14. The number of aryl methyl sites for hydroxylation is 1. The van der Waals surface area contributed by atoms with Crippen LogP contribution in [0.15, 0.2) is 60.7 Å². The van der Waals surface area contributed by atoms with Gasteiger partial charge in [-0.25, -0.2) is 0 Å². The van der Waals surface area contributed by atoms with E-state index in [1.165, 1.54) is 5.56 Å². The van der Waals surface area contributed by atoms with E-state index in [0.717, 1.165) is 12.8 Å². The van der Waals surface area contributed by atoms with E-state index >= 15 is 0 Å². The fourth-order valence-electron chi connectivity index (χ4n) is 2.47. The van der Waals surface area contributed by atoms with Gasteiger partial charge in [-0.2, -0.15) is 10.5 Å². The van der Waals surface area contributed by atoms with Crippen molar-refractivity contribution in [3.8, 4) is 0 Å². The van der Waals surface area contributed by atoms with Crippen molar-refractivity contribution < 1.29 is 9.59 Å². The summed E-state index contributed by atoms with van der Waals surface area (Å²) in [7, 11) is -0.344. The van der Waals surface area contributed by atoms with Crippen molar-refractivity contribution in [2.75, 3.05) is 12.5 Å². The second-order valence-electron chi connectivity index (χ2n) is 5.60. The molecule has 0 aliphatic rings. The van der Waals surface area contributed by atoms with Crippen molar-refractivity contribution >= 4 is 26.9 Å². The molecule has 2 rings (SSSR count). The third-order valence-corrected chi connectivity index (χ3v) is 4.85. The van der Waals surface area contributed by atoms with Crippen molar-refractivity contribution in [2.24, 2.45) is 0 Å². The van der Waals surface area contributed by atoms with E-state index in [1.807, 2.05) is 48.9 Å². The van der Waals surface area contributed by atoms with Crippen LogP contribution in [0.25, 0.3) is 0 Å². The Morgan fingerprint density at radius 2 is 1.43 bits per heavy atom. The van der Waals surface area contributed by atoms with Gasteiger partial charge >= 0.3 is 0 Å². The second-order valence-corrected chi connectivity index (χ2v) is 7.64. The van der Waals surface area contributed by atoms with E-state index in [1.54, 1.807) is 12.1 Å².